The first-order valence-electron chi connectivity index (χ1n) is 11.6. The van der Waals surface area contributed by atoms with Gasteiger partial charge in [0.05, 0.1) is 12.8 Å². The number of anilines is 1. The first-order chi connectivity index (χ1) is 16.5. The first-order valence-corrected chi connectivity index (χ1v) is 11.6. The van der Waals surface area contributed by atoms with E-state index in [1.54, 1.807) is 36.3 Å². The van der Waals surface area contributed by atoms with Gasteiger partial charge in [-0.15, -0.1) is 0 Å². The zero-order valence-corrected chi connectivity index (χ0v) is 19.7. The van der Waals surface area contributed by atoms with Crippen LogP contribution in [0.5, 0.6) is 17.2 Å². The van der Waals surface area contributed by atoms with Gasteiger partial charge < -0.3 is 24.0 Å². The summed E-state index contributed by atoms with van der Waals surface area (Å²) in [6.07, 6.45) is 3.05. The molecule has 0 spiro atoms. The zero-order valence-electron chi connectivity index (χ0n) is 19.7. The molecule has 1 fully saturated rings. The number of methoxy groups -OCH3 is 1. The van der Waals surface area contributed by atoms with Crippen molar-refractivity contribution in [1.82, 2.24) is 4.90 Å². The summed E-state index contributed by atoms with van der Waals surface area (Å²) >= 11 is 0. The number of nitrogens with zero attached hydrogens (tertiary/aromatic N) is 2. The molecule has 4 rings (SSSR count). The van der Waals surface area contributed by atoms with Crippen LogP contribution in [0.15, 0.2) is 36.4 Å². The van der Waals surface area contributed by atoms with Crippen LogP contribution in [0.1, 0.15) is 41.6 Å². The second-order valence-electron chi connectivity index (χ2n) is 8.57. The third-order valence-corrected chi connectivity index (χ3v) is 6.13. The van der Waals surface area contributed by atoms with Crippen molar-refractivity contribution in [3.05, 3.63) is 47.5 Å². The highest BCUT2D eigenvalue weighted by Crippen LogP contribution is 2.34. The maximum absolute atomic E-state index is 12.8. The summed E-state index contributed by atoms with van der Waals surface area (Å²) < 4.78 is 16.6. The lowest BCUT2D eigenvalue weighted by molar-refractivity contribution is -0.130. The smallest absolute Gasteiger partial charge is 0.265 e. The number of likely N-dealkylation sites (tertiary alicyclic amines) is 1. The average Bonchev–Trinajstić information content (AvgIpc) is 3.39. The SMILES string of the molecule is COc1cc(C)ccc1OCC(=O)c1ccc2c(c1)N(CCCC(=O)N1CCCC1)C(=O)CO2. The molecule has 0 aromatic heterocycles. The van der Waals surface area contributed by atoms with Crippen LogP contribution in [-0.2, 0) is 9.59 Å². The molecule has 2 aromatic rings. The van der Waals surface area contributed by atoms with Crippen LogP contribution in [0.3, 0.4) is 0 Å². The van der Waals surface area contributed by atoms with E-state index >= 15 is 0 Å². The maximum Gasteiger partial charge on any atom is 0.265 e. The Bertz CT molecular complexity index is 1080. The third-order valence-electron chi connectivity index (χ3n) is 6.13. The number of hydrogen-bond acceptors (Lipinski definition) is 6. The maximum atomic E-state index is 12.8. The Morgan fingerprint density at radius 2 is 1.85 bits per heavy atom. The Hall–Kier alpha value is -3.55. The van der Waals surface area contributed by atoms with Gasteiger partial charge in [-0.3, -0.25) is 14.4 Å². The van der Waals surface area contributed by atoms with E-state index in [1.807, 2.05) is 24.0 Å². The minimum Gasteiger partial charge on any atom is -0.493 e. The van der Waals surface area contributed by atoms with Crippen LogP contribution in [-0.4, -0.2) is 62.5 Å². The predicted molar refractivity (Wildman–Crippen MR) is 127 cm³/mol. The number of hydrogen-bond donors (Lipinski definition) is 0. The average molecular weight is 467 g/mol. The molecule has 1 saturated heterocycles. The molecular formula is C26H30N2O6. The number of rotatable bonds is 9. The standard InChI is InChI=1S/C26H30N2O6/c1-18-7-9-23(24(14-18)32-2)33-16-21(29)19-8-10-22-20(15-19)28(26(31)17-34-22)13-5-6-25(30)27-11-3-4-12-27/h7-10,14-15H,3-6,11-13,16-17H2,1-2H3. The van der Waals surface area contributed by atoms with E-state index in [9.17, 15) is 14.4 Å². The largest absolute Gasteiger partial charge is 0.493 e. The molecule has 0 unspecified atom stereocenters. The molecular weight excluding hydrogens is 436 g/mol. The molecule has 8 nitrogen and oxygen atoms in total. The third kappa shape index (κ3) is 5.32. The molecule has 180 valence electrons. The lowest BCUT2D eigenvalue weighted by Gasteiger charge is -2.30. The van der Waals surface area contributed by atoms with Crippen molar-refractivity contribution in [1.29, 1.82) is 0 Å². The fourth-order valence-electron chi connectivity index (χ4n) is 4.25. The van der Waals surface area contributed by atoms with Gasteiger partial charge in [-0.1, -0.05) is 6.07 Å². The molecule has 0 bridgehead atoms. The summed E-state index contributed by atoms with van der Waals surface area (Å²) in [5.74, 6) is 1.31. The number of ether oxygens (including phenoxy) is 3. The topological polar surface area (TPSA) is 85.4 Å². The highest BCUT2D eigenvalue weighted by Gasteiger charge is 2.27. The molecule has 0 aliphatic carbocycles. The quantitative estimate of drug-likeness (QED) is 0.527. The molecule has 2 amide bonds. The fourth-order valence-corrected chi connectivity index (χ4v) is 4.25. The van der Waals surface area contributed by atoms with Crippen LogP contribution in [0.25, 0.3) is 0 Å². The minimum absolute atomic E-state index is 0.0588. The molecule has 0 atom stereocenters. The van der Waals surface area contributed by atoms with Crippen LogP contribution in [0.4, 0.5) is 5.69 Å². The van der Waals surface area contributed by atoms with E-state index in [2.05, 4.69) is 0 Å². The van der Waals surface area contributed by atoms with Crippen molar-refractivity contribution >= 4 is 23.3 Å². The van der Waals surface area contributed by atoms with Gasteiger partial charge in [-0.25, -0.2) is 0 Å². The van der Waals surface area contributed by atoms with Crippen LogP contribution < -0.4 is 19.1 Å². The number of carbonyl (C=O) groups is 3. The summed E-state index contributed by atoms with van der Waals surface area (Å²) in [5.41, 5.74) is 1.99. The monoisotopic (exact) mass is 466 g/mol. The Labute approximate surface area is 199 Å². The Morgan fingerprint density at radius 1 is 1.06 bits per heavy atom. The van der Waals surface area contributed by atoms with Crippen molar-refractivity contribution in [3.8, 4) is 17.2 Å². The summed E-state index contributed by atoms with van der Waals surface area (Å²) in [6, 6.07) is 10.5. The van der Waals surface area contributed by atoms with Gasteiger partial charge >= 0.3 is 0 Å². The number of carbonyl (C=O) groups excluding carboxylic acids is 3. The van der Waals surface area contributed by atoms with Crippen molar-refractivity contribution in [2.24, 2.45) is 0 Å². The highest BCUT2D eigenvalue weighted by molar-refractivity contribution is 6.02. The Morgan fingerprint density at radius 3 is 2.62 bits per heavy atom. The molecule has 2 aliphatic heterocycles. The number of benzene rings is 2. The van der Waals surface area contributed by atoms with Gasteiger partial charge in [0.2, 0.25) is 5.91 Å². The number of amides is 2. The summed E-state index contributed by atoms with van der Waals surface area (Å²) in [7, 11) is 1.55. The van der Waals surface area contributed by atoms with E-state index in [-0.39, 0.29) is 30.8 Å². The fraction of sp³-hybridized carbons (Fsp3) is 0.423. The normalized spacial score (nSPS) is 15.1. The molecule has 2 aliphatic rings. The van der Waals surface area contributed by atoms with E-state index in [1.165, 1.54) is 0 Å². The molecule has 2 aromatic carbocycles. The lowest BCUT2D eigenvalue weighted by Crippen LogP contribution is -2.40. The van der Waals surface area contributed by atoms with E-state index in [0.717, 1.165) is 31.5 Å². The van der Waals surface area contributed by atoms with Gasteiger partial charge in [0.25, 0.3) is 5.91 Å². The second-order valence-corrected chi connectivity index (χ2v) is 8.57. The first kappa shape index (κ1) is 23.6. The van der Waals surface area contributed by atoms with Crippen molar-refractivity contribution < 1.29 is 28.6 Å². The van der Waals surface area contributed by atoms with E-state index < -0.39 is 0 Å². The van der Waals surface area contributed by atoms with Crippen LogP contribution >= 0.6 is 0 Å². The van der Waals surface area contributed by atoms with Crippen LogP contribution in [0.2, 0.25) is 0 Å². The van der Waals surface area contributed by atoms with Crippen molar-refractivity contribution in [3.63, 3.8) is 0 Å². The van der Waals surface area contributed by atoms with E-state index in [4.69, 9.17) is 14.2 Å². The number of ketones is 1. The minimum atomic E-state index is -0.229. The zero-order chi connectivity index (χ0) is 24.1. The molecule has 0 N–H and O–H groups in total. The van der Waals surface area contributed by atoms with Gasteiger partial charge in [-0.2, -0.15) is 0 Å². The molecule has 0 radical (unpaired) electrons. The van der Waals surface area contributed by atoms with Crippen molar-refractivity contribution in [2.75, 3.05) is 44.9 Å². The van der Waals surface area contributed by atoms with Crippen molar-refractivity contribution in [2.45, 2.75) is 32.6 Å². The number of aryl methyl sites for hydroxylation is 1. The molecule has 0 saturated carbocycles. The Kier molecular flexibility index (Phi) is 7.35. The lowest BCUT2D eigenvalue weighted by atomic mass is 10.1. The number of fused-ring (bicyclic) bond motifs is 1. The van der Waals surface area contributed by atoms with Gasteiger partial charge in [0.15, 0.2) is 30.5 Å². The van der Waals surface area contributed by atoms with Gasteiger partial charge in [0, 0.05) is 31.6 Å². The summed E-state index contributed by atoms with van der Waals surface area (Å²) in [6.45, 7) is 3.75. The second kappa shape index (κ2) is 10.6. The van der Waals surface area contributed by atoms with Gasteiger partial charge in [0.1, 0.15) is 5.75 Å². The highest BCUT2D eigenvalue weighted by atomic mass is 16.5. The molecule has 2 heterocycles. The van der Waals surface area contributed by atoms with Gasteiger partial charge in [-0.05, 0) is 62.1 Å². The van der Waals surface area contributed by atoms with E-state index in [0.29, 0.717) is 47.9 Å². The number of Topliss-reactive ketones (excluding diaryl/α,β-unsaturated/α-hetero) is 1. The Balaban J connectivity index is 1.41. The van der Waals surface area contributed by atoms with Crippen LogP contribution in [0, 0.1) is 6.92 Å². The summed E-state index contributed by atoms with van der Waals surface area (Å²) in [4.78, 5) is 41.2. The molecule has 34 heavy (non-hydrogen) atoms. The molecule has 8 heteroatoms. The predicted octanol–water partition coefficient (Wildman–Crippen LogP) is 3.39. The summed E-state index contributed by atoms with van der Waals surface area (Å²) in [5, 5.41) is 0.